The van der Waals surface area contributed by atoms with E-state index >= 15 is 0 Å². The van der Waals surface area contributed by atoms with Crippen LogP contribution >= 0.6 is 20.2 Å². The van der Waals surface area contributed by atoms with E-state index in [2.05, 4.69) is 10.6 Å². The number of pyridine rings is 1. The summed E-state index contributed by atoms with van der Waals surface area (Å²) in [6, 6.07) is 4.17. The SMILES string of the molecule is [CH2-][n+]1c2c3cc4c1C(CCC4)[N-]C1CCCCC1CC[N-]CCCC[N-]CCC1CCCCC1[N-]C2CCC3.[Cl][Mn][Cl]. The molecule has 42 heavy (non-hydrogen) atoms. The van der Waals surface area contributed by atoms with Gasteiger partial charge in [-0.05, 0) is 24.0 Å². The first-order valence-electron chi connectivity index (χ1n) is 17.1. The quantitative estimate of drug-likeness (QED) is 0.152. The molecule has 2 heterocycles. The van der Waals surface area contributed by atoms with Crippen molar-refractivity contribution in [2.75, 3.05) is 26.2 Å². The molecular formula is C34H53Cl2MnN5-4. The second-order valence-corrected chi connectivity index (χ2v) is 15.4. The zero-order chi connectivity index (χ0) is 29.1. The van der Waals surface area contributed by atoms with Crippen LogP contribution in [-0.4, -0.2) is 38.3 Å². The summed E-state index contributed by atoms with van der Waals surface area (Å²) in [5, 5.41) is 21.3. The summed E-state index contributed by atoms with van der Waals surface area (Å²) in [4.78, 5) is 0. The number of aromatic nitrogens is 1. The van der Waals surface area contributed by atoms with Crippen LogP contribution < -0.4 is 4.57 Å². The Hall–Kier alpha value is -0.0405. The zero-order valence-electron chi connectivity index (χ0n) is 25.7. The van der Waals surface area contributed by atoms with Crippen molar-refractivity contribution in [3.05, 3.63) is 56.9 Å². The van der Waals surface area contributed by atoms with E-state index < -0.39 is 0 Å². The molecule has 0 radical (unpaired) electrons. The molecule has 5 aliphatic rings. The fourth-order valence-electron chi connectivity index (χ4n) is 8.65. The van der Waals surface area contributed by atoms with Crippen molar-refractivity contribution in [3.8, 4) is 0 Å². The van der Waals surface area contributed by atoms with Gasteiger partial charge in [-0.25, -0.2) is 0 Å². The van der Waals surface area contributed by atoms with Gasteiger partial charge in [-0.1, -0.05) is 133 Å². The Bertz CT molecular complexity index is 894. The van der Waals surface area contributed by atoms with E-state index in [1.54, 1.807) is 0 Å². The second-order valence-electron chi connectivity index (χ2n) is 13.4. The fourth-order valence-corrected chi connectivity index (χ4v) is 8.65. The second kappa shape index (κ2) is 17.6. The third-order valence-corrected chi connectivity index (χ3v) is 10.7. The average Bonchev–Trinajstić information content (AvgIpc) is 3.00. The third kappa shape index (κ3) is 8.81. The predicted molar refractivity (Wildman–Crippen MR) is 173 cm³/mol. The Morgan fingerprint density at radius 2 is 1.05 bits per heavy atom. The molecule has 2 bridgehead atoms. The first-order valence-corrected chi connectivity index (χ1v) is 20.4. The van der Waals surface area contributed by atoms with Gasteiger partial charge in [0.15, 0.2) is 0 Å². The average molecular weight is 658 g/mol. The number of halogens is 2. The van der Waals surface area contributed by atoms with Crippen molar-refractivity contribution in [3.63, 3.8) is 0 Å². The van der Waals surface area contributed by atoms with Gasteiger partial charge in [0.05, 0.1) is 11.4 Å². The molecule has 0 aromatic carbocycles. The molecule has 1 aliphatic heterocycles. The summed E-state index contributed by atoms with van der Waals surface area (Å²) < 4.78 is 2.38. The summed E-state index contributed by atoms with van der Waals surface area (Å²) in [5.41, 5.74) is 5.92. The molecule has 4 aliphatic carbocycles. The monoisotopic (exact) mass is 656 g/mol. The van der Waals surface area contributed by atoms with Gasteiger partial charge in [0, 0.05) is 7.05 Å². The number of hydrogen-bond acceptors (Lipinski definition) is 0. The van der Waals surface area contributed by atoms with Gasteiger partial charge in [-0.2, -0.15) is 0 Å². The van der Waals surface area contributed by atoms with Gasteiger partial charge in [0.1, 0.15) is 0 Å². The third-order valence-electron chi connectivity index (χ3n) is 10.7. The molecule has 5 nitrogen and oxygen atoms in total. The molecule has 6 unspecified atom stereocenters. The molecule has 8 heteroatoms. The summed E-state index contributed by atoms with van der Waals surface area (Å²) >= 11 is 0.00694. The van der Waals surface area contributed by atoms with Crippen LogP contribution in [0.1, 0.15) is 137 Å². The Labute approximate surface area is 271 Å². The van der Waals surface area contributed by atoms with E-state index in [0.29, 0.717) is 36.0 Å². The molecule has 6 rings (SSSR count). The van der Waals surface area contributed by atoms with Gasteiger partial charge in [-0.3, -0.25) is 0 Å². The molecule has 0 saturated heterocycles. The van der Waals surface area contributed by atoms with Crippen LogP contribution in [0.15, 0.2) is 6.07 Å². The van der Waals surface area contributed by atoms with E-state index in [0.717, 1.165) is 26.2 Å². The standard InChI is InChI=1S/C34H53N5.2ClH.Mn/c1-39-33-27-12-8-16-31(33)37-29-14-4-2-10-25(29)18-22-35-20-6-7-21-36-23-19-26-11-3-5-15-30(26)38-32-17-9-13-28(24-27)34(32)39;;;/h24-26,29-32H,1-23H2;2*1H;/q-4;;;+2/p-2. The van der Waals surface area contributed by atoms with E-state index in [9.17, 15) is 0 Å². The minimum atomic E-state index is 0.00694. The van der Waals surface area contributed by atoms with Crippen LogP contribution in [-0.2, 0) is 26.0 Å². The molecule has 1 aromatic heterocycles. The van der Waals surface area contributed by atoms with Crippen LogP contribution in [0.3, 0.4) is 0 Å². The first-order chi connectivity index (χ1) is 20.7. The van der Waals surface area contributed by atoms with Gasteiger partial charge < -0.3 is 25.8 Å². The van der Waals surface area contributed by atoms with Crippen molar-refractivity contribution in [1.29, 1.82) is 0 Å². The summed E-state index contributed by atoms with van der Waals surface area (Å²) in [7, 11) is 14.4. The Morgan fingerprint density at radius 1 is 0.595 bits per heavy atom. The zero-order valence-corrected chi connectivity index (χ0v) is 28.4. The number of fused-ring (bicyclic) bond motifs is 2. The van der Waals surface area contributed by atoms with Crippen LogP contribution in [0.4, 0.5) is 0 Å². The van der Waals surface area contributed by atoms with Gasteiger partial charge in [-0.15, -0.1) is 38.3 Å². The van der Waals surface area contributed by atoms with E-state index in [4.69, 9.17) is 48.5 Å². The molecule has 0 spiro atoms. The Kier molecular flexibility index (Phi) is 14.0. The maximum atomic E-state index is 5.68. The van der Waals surface area contributed by atoms with Crippen molar-refractivity contribution in [2.24, 2.45) is 11.8 Å². The fraction of sp³-hybridized carbons (Fsp3) is 0.824. The van der Waals surface area contributed by atoms with Crippen LogP contribution in [0, 0.1) is 18.9 Å². The Morgan fingerprint density at radius 3 is 1.52 bits per heavy atom. The Balaban J connectivity index is 0.00000113. The molecule has 239 valence electrons. The number of nitrogens with zero attached hydrogens (tertiary/aromatic N) is 5. The van der Waals surface area contributed by atoms with Crippen LogP contribution in [0.2, 0.25) is 0 Å². The molecular weight excluding hydrogens is 604 g/mol. The molecule has 1 aromatic rings. The van der Waals surface area contributed by atoms with Crippen molar-refractivity contribution >= 4 is 20.2 Å². The van der Waals surface area contributed by atoms with Gasteiger partial charge in [0.2, 0.25) is 0 Å². The molecule has 2 saturated carbocycles. The molecule has 0 amide bonds. The van der Waals surface area contributed by atoms with E-state index in [1.807, 2.05) is 0 Å². The molecule has 2 fully saturated rings. The minimum absolute atomic E-state index is 0.00694. The van der Waals surface area contributed by atoms with Gasteiger partial charge in [0.25, 0.3) is 0 Å². The van der Waals surface area contributed by atoms with Crippen molar-refractivity contribution < 1.29 is 17.7 Å². The number of hydrogen-bond donors (Lipinski definition) is 0. The first kappa shape index (κ1) is 33.3. The van der Waals surface area contributed by atoms with Crippen LogP contribution in [0.25, 0.3) is 21.3 Å². The summed E-state index contributed by atoms with van der Waals surface area (Å²) in [6.45, 7) is 4.06. The normalized spacial score (nSPS) is 33.1. The predicted octanol–water partition coefficient (Wildman–Crippen LogP) is 9.93. The van der Waals surface area contributed by atoms with Crippen LogP contribution in [0.5, 0.6) is 0 Å². The molecule has 0 N–H and O–H groups in total. The van der Waals surface area contributed by atoms with E-state index in [-0.39, 0.29) is 13.1 Å². The molecule has 6 atom stereocenters. The maximum absolute atomic E-state index is 5.68. The number of aryl methyl sites for hydroxylation is 2. The summed E-state index contributed by atoms with van der Waals surface area (Å²) in [6.07, 6.45) is 22.7. The van der Waals surface area contributed by atoms with Crippen molar-refractivity contribution in [1.82, 2.24) is 0 Å². The number of rotatable bonds is 0. The van der Waals surface area contributed by atoms with Crippen molar-refractivity contribution in [2.45, 2.75) is 140 Å². The van der Waals surface area contributed by atoms with E-state index in [1.165, 1.54) is 138 Å². The topological polar surface area (TPSA) is 60.3 Å². The summed E-state index contributed by atoms with van der Waals surface area (Å²) in [5.74, 6) is 1.41. The van der Waals surface area contributed by atoms with Gasteiger partial charge >= 0.3 is 33.3 Å².